The van der Waals surface area contributed by atoms with Gasteiger partial charge in [0.05, 0.1) is 6.04 Å². The molecule has 0 saturated carbocycles. The van der Waals surface area contributed by atoms with E-state index in [4.69, 9.17) is 0 Å². The highest BCUT2D eigenvalue weighted by Crippen LogP contribution is 2.35. The minimum Gasteiger partial charge on any atom is -0.350 e. The van der Waals surface area contributed by atoms with Crippen LogP contribution in [-0.4, -0.2) is 16.0 Å². The van der Waals surface area contributed by atoms with Gasteiger partial charge in [0, 0.05) is 31.5 Å². The molecular weight excluding hydrogens is 316 g/mol. The fraction of sp³-hybridized carbons (Fsp3) is 0.333. The summed E-state index contributed by atoms with van der Waals surface area (Å²) in [5.74, 6) is 0. The number of hydrogen-bond acceptors (Lipinski definition) is 1. The Hall–Kier alpha value is -2.32. The van der Waals surface area contributed by atoms with Gasteiger partial charge in [-0.2, -0.15) is 0 Å². The second kappa shape index (κ2) is 7.13. The molecule has 2 nitrogen and oxygen atoms in total. The van der Waals surface area contributed by atoms with Crippen LogP contribution in [0, 0.1) is 20.8 Å². The number of hydrogen-bond donors (Lipinski definition) is 0. The number of nitrogens with zero attached hydrogens (tertiary/aromatic N) is 2. The average molecular weight is 345 g/mol. The van der Waals surface area contributed by atoms with Crippen molar-refractivity contribution in [3.8, 4) is 0 Å². The van der Waals surface area contributed by atoms with Crippen LogP contribution in [0.4, 0.5) is 0 Å². The van der Waals surface area contributed by atoms with Crippen molar-refractivity contribution in [3.63, 3.8) is 0 Å². The highest BCUT2D eigenvalue weighted by atomic mass is 15.2. The monoisotopic (exact) mass is 344 g/mol. The summed E-state index contributed by atoms with van der Waals surface area (Å²) in [6, 6.07) is 20.7. The molecule has 1 aliphatic rings. The van der Waals surface area contributed by atoms with Gasteiger partial charge in [-0.1, -0.05) is 53.6 Å². The lowest BCUT2D eigenvalue weighted by Gasteiger charge is -2.32. The molecule has 2 aromatic carbocycles. The Morgan fingerprint density at radius 3 is 2.46 bits per heavy atom. The van der Waals surface area contributed by atoms with Crippen molar-refractivity contribution in [2.45, 2.75) is 46.3 Å². The van der Waals surface area contributed by atoms with Crippen LogP contribution >= 0.6 is 0 Å². The van der Waals surface area contributed by atoms with E-state index in [0.717, 1.165) is 19.6 Å². The second-order valence-corrected chi connectivity index (χ2v) is 7.70. The number of fused-ring (bicyclic) bond motifs is 1. The van der Waals surface area contributed by atoms with Crippen molar-refractivity contribution < 1.29 is 0 Å². The molecule has 0 saturated heterocycles. The molecule has 1 aromatic heterocycles. The Morgan fingerprint density at radius 1 is 0.885 bits per heavy atom. The number of rotatable bonds is 3. The van der Waals surface area contributed by atoms with Crippen molar-refractivity contribution >= 4 is 0 Å². The smallest absolute Gasteiger partial charge is 0.0761 e. The molecule has 0 spiro atoms. The van der Waals surface area contributed by atoms with Gasteiger partial charge in [0.1, 0.15) is 0 Å². The Bertz CT molecular complexity index is 889. The average Bonchev–Trinajstić information content (AvgIpc) is 3.01. The molecule has 0 fully saturated rings. The normalized spacial score (nSPS) is 17.7. The minimum atomic E-state index is 0.314. The van der Waals surface area contributed by atoms with Crippen LogP contribution in [0.5, 0.6) is 0 Å². The molecule has 134 valence electrons. The molecule has 0 bridgehead atoms. The van der Waals surface area contributed by atoms with Crippen molar-refractivity contribution in [2.75, 3.05) is 6.54 Å². The molecule has 0 radical (unpaired) electrons. The second-order valence-electron chi connectivity index (χ2n) is 7.70. The summed E-state index contributed by atoms with van der Waals surface area (Å²) >= 11 is 0. The van der Waals surface area contributed by atoms with Gasteiger partial charge in [-0.15, -0.1) is 0 Å². The zero-order chi connectivity index (χ0) is 18.1. The quantitative estimate of drug-likeness (QED) is 0.617. The van der Waals surface area contributed by atoms with Crippen LogP contribution in [0.25, 0.3) is 0 Å². The SMILES string of the molecule is Cc1ccc(CN2CCCn3cccc3[C@H]2c2cc(C)ccc2C)cc1. The molecule has 0 aliphatic carbocycles. The fourth-order valence-electron chi connectivity index (χ4n) is 4.15. The molecule has 4 rings (SSSR count). The van der Waals surface area contributed by atoms with Gasteiger partial charge in [-0.3, -0.25) is 4.90 Å². The predicted octanol–water partition coefficient (Wildman–Crippen LogP) is 5.41. The molecule has 0 unspecified atom stereocenters. The highest BCUT2D eigenvalue weighted by Gasteiger charge is 2.28. The van der Waals surface area contributed by atoms with Crippen LogP contribution in [0.15, 0.2) is 60.8 Å². The van der Waals surface area contributed by atoms with Crippen LogP contribution < -0.4 is 0 Å². The van der Waals surface area contributed by atoms with E-state index < -0.39 is 0 Å². The summed E-state index contributed by atoms with van der Waals surface area (Å²) in [4.78, 5) is 2.66. The Labute approximate surface area is 157 Å². The molecule has 2 heteroatoms. The van der Waals surface area contributed by atoms with Gasteiger partial charge in [0.25, 0.3) is 0 Å². The predicted molar refractivity (Wildman–Crippen MR) is 108 cm³/mol. The molecular formula is C24H28N2. The van der Waals surface area contributed by atoms with Crippen molar-refractivity contribution in [2.24, 2.45) is 0 Å². The van der Waals surface area contributed by atoms with Gasteiger partial charge in [-0.05, 0) is 56.0 Å². The summed E-state index contributed by atoms with van der Waals surface area (Å²) in [6.07, 6.45) is 3.43. The third-order valence-electron chi connectivity index (χ3n) is 5.59. The first-order valence-electron chi connectivity index (χ1n) is 9.63. The summed E-state index contributed by atoms with van der Waals surface area (Å²) in [6.45, 7) is 9.81. The number of aryl methyl sites for hydroxylation is 4. The third-order valence-corrected chi connectivity index (χ3v) is 5.59. The molecule has 0 amide bonds. The molecule has 1 atom stereocenters. The third kappa shape index (κ3) is 3.34. The Kier molecular flexibility index (Phi) is 4.69. The van der Waals surface area contributed by atoms with Crippen LogP contribution in [0.1, 0.15) is 46.0 Å². The lowest BCUT2D eigenvalue weighted by Crippen LogP contribution is -2.30. The van der Waals surface area contributed by atoms with E-state index in [2.05, 4.69) is 91.0 Å². The van der Waals surface area contributed by atoms with Crippen molar-refractivity contribution in [3.05, 3.63) is 94.3 Å². The summed E-state index contributed by atoms with van der Waals surface area (Å²) in [7, 11) is 0. The van der Waals surface area contributed by atoms with E-state index in [1.54, 1.807) is 0 Å². The highest BCUT2D eigenvalue weighted by molar-refractivity contribution is 5.38. The Balaban J connectivity index is 1.77. The summed E-state index contributed by atoms with van der Waals surface area (Å²) < 4.78 is 2.45. The van der Waals surface area contributed by atoms with E-state index in [9.17, 15) is 0 Å². The molecule has 1 aliphatic heterocycles. The first kappa shape index (κ1) is 17.1. The van der Waals surface area contributed by atoms with E-state index in [1.807, 2.05) is 0 Å². The van der Waals surface area contributed by atoms with E-state index in [1.165, 1.54) is 39.9 Å². The lowest BCUT2D eigenvalue weighted by molar-refractivity contribution is 0.220. The van der Waals surface area contributed by atoms with Gasteiger partial charge < -0.3 is 4.57 Å². The summed E-state index contributed by atoms with van der Waals surface area (Å²) in [5, 5.41) is 0. The maximum Gasteiger partial charge on any atom is 0.0761 e. The fourth-order valence-corrected chi connectivity index (χ4v) is 4.15. The molecule has 0 N–H and O–H groups in total. The lowest BCUT2D eigenvalue weighted by atomic mass is 9.95. The maximum atomic E-state index is 2.66. The largest absolute Gasteiger partial charge is 0.350 e. The zero-order valence-electron chi connectivity index (χ0n) is 16.1. The first-order valence-corrected chi connectivity index (χ1v) is 9.63. The minimum absolute atomic E-state index is 0.314. The van der Waals surface area contributed by atoms with E-state index in [-0.39, 0.29) is 0 Å². The van der Waals surface area contributed by atoms with E-state index in [0.29, 0.717) is 6.04 Å². The van der Waals surface area contributed by atoms with Crippen LogP contribution in [-0.2, 0) is 13.1 Å². The van der Waals surface area contributed by atoms with Gasteiger partial charge in [-0.25, -0.2) is 0 Å². The van der Waals surface area contributed by atoms with E-state index >= 15 is 0 Å². The molecule has 3 aromatic rings. The summed E-state index contributed by atoms with van der Waals surface area (Å²) in [5.41, 5.74) is 8.30. The standard InChI is InChI=1S/C24H28N2/c1-18-8-11-21(12-9-18)17-26-15-5-14-25-13-4-6-23(25)24(26)22-16-19(2)7-10-20(22)3/h4,6-13,16,24H,5,14-15,17H2,1-3H3/t24-/m1/s1. The zero-order valence-corrected chi connectivity index (χ0v) is 16.1. The first-order chi connectivity index (χ1) is 12.6. The van der Waals surface area contributed by atoms with Gasteiger partial charge >= 0.3 is 0 Å². The van der Waals surface area contributed by atoms with Crippen LogP contribution in [0.3, 0.4) is 0 Å². The maximum absolute atomic E-state index is 2.66. The van der Waals surface area contributed by atoms with Crippen LogP contribution in [0.2, 0.25) is 0 Å². The molecule has 2 heterocycles. The molecule has 26 heavy (non-hydrogen) atoms. The van der Waals surface area contributed by atoms with Crippen molar-refractivity contribution in [1.29, 1.82) is 0 Å². The van der Waals surface area contributed by atoms with Gasteiger partial charge in [0.2, 0.25) is 0 Å². The number of aromatic nitrogens is 1. The van der Waals surface area contributed by atoms with Gasteiger partial charge in [0.15, 0.2) is 0 Å². The Morgan fingerprint density at radius 2 is 1.65 bits per heavy atom. The number of benzene rings is 2. The van der Waals surface area contributed by atoms with Crippen molar-refractivity contribution in [1.82, 2.24) is 9.47 Å². The topological polar surface area (TPSA) is 8.17 Å².